The molecular weight excluding hydrogens is 279 g/mol. The van der Waals surface area contributed by atoms with E-state index in [0.29, 0.717) is 5.56 Å². The van der Waals surface area contributed by atoms with Crippen LogP contribution in [0.25, 0.3) is 0 Å². The van der Waals surface area contributed by atoms with Crippen molar-refractivity contribution >= 4 is 0 Å². The molecule has 0 aliphatic carbocycles. The Hall–Kier alpha value is -1.82. The number of benzene rings is 1. The van der Waals surface area contributed by atoms with E-state index in [0.717, 1.165) is 22.9 Å². The molecule has 0 aliphatic rings. The van der Waals surface area contributed by atoms with Crippen LogP contribution >= 0.6 is 0 Å². The number of aromatic nitrogens is 2. The Morgan fingerprint density at radius 2 is 1.86 bits per heavy atom. The van der Waals surface area contributed by atoms with Gasteiger partial charge in [0.2, 0.25) is 0 Å². The zero-order chi connectivity index (χ0) is 15.8. The molecule has 0 amide bonds. The number of hydrogen-bond donors (Lipinski definition) is 1. The third-order valence-corrected chi connectivity index (χ3v) is 3.56. The lowest BCUT2D eigenvalue weighted by Gasteiger charge is -2.19. The molecule has 6 heteroatoms. The molecule has 0 bridgehead atoms. The van der Waals surface area contributed by atoms with Gasteiger partial charge in [-0.05, 0) is 44.2 Å². The third-order valence-electron chi connectivity index (χ3n) is 3.56. The van der Waals surface area contributed by atoms with Crippen LogP contribution in [-0.2, 0) is 13.2 Å². The molecule has 2 rings (SSSR count). The number of alkyl halides is 3. The quantitative estimate of drug-likeness (QED) is 0.941. The second-order valence-corrected chi connectivity index (χ2v) is 5.13. The molecule has 0 aliphatic heterocycles. The number of aryl methyl sites for hydroxylation is 3. The summed E-state index contributed by atoms with van der Waals surface area (Å²) in [7, 11) is 3.61. The van der Waals surface area contributed by atoms with Crippen molar-refractivity contribution in [2.75, 3.05) is 7.05 Å². The number of hydrogen-bond acceptors (Lipinski definition) is 2. The summed E-state index contributed by atoms with van der Waals surface area (Å²) in [6.07, 6.45) is -2.43. The molecule has 0 spiro atoms. The van der Waals surface area contributed by atoms with E-state index in [2.05, 4.69) is 10.4 Å². The van der Waals surface area contributed by atoms with Gasteiger partial charge in [0.25, 0.3) is 0 Å². The fourth-order valence-electron chi connectivity index (χ4n) is 2.56. The Kier molecular flexibility index (Phi) is 4.09. The minimum absolute atomic E-state index is 0.180. The molecule has 1 aromatic carbocycles. The first kappa shape index (κ1) is 15.6. The van der Waals surface area contributed by atoms with Gasteiger partial charge in [0.05, 0.1) is 17.3 Å². The number of nitrogens with one attached hydrogen (secondary N) is 1. The summed E-state index contributed by atoms with van der Waals surface area (Å²) in [5, 5.41) is 7.44. The predicted octanol–water partition coefficient (Wildman–Crippen LogP) is 3.36. The van der Waals surface area contributed by atoms with Crippen molar-refractivity contribution in [3.63, 3.8) is 0 Å². The van der Waals surface area contributed by atoms with Crippen molar-refractivity contribution in [2.45, 2.75) is 26.1 Å². The van der Waals surface area contributed by atoms with E-state index in [1.54, 1.807) is 18.7 Å². The minimum atomic E-state index is -4.32. The van der Waals surface area contributed by atoms with Crippen LogP contribution in [0, 0.1) is 13.8 Å². The van der Waals surface area contributed by atoms with E-state index in [-0.39, 0.29) is 6.04 Å². The number of rotatable bonds is 3. The summed E-state index contributed by atoms with van der Waals surface area (Å²) in [5.41, 5.74) is 2.62. The summed E-state index contributed by atoms with van der Waals surface area (Å²) in [6.45, 7) is 3.58. The Balaban J connectivity index is 2.46. The van der Waals surface area contributed by atoms with Gasteiger partial charge >= 0.3 is 6.18 Å². The standard InChI is InChI=1S/C15H18F3N3/c1-9-7-11(15(16,17)18)5-6-12(9)14(19-3)13-8-21(4)20-10(13)2/h5-8,14,19H,1-4H3. The lowest BCUT2D eigenvalue weighted by molar-refractivity contribution is -0.137. The lowest BCUT2D eigenvalue weighted by atomic mass is 9.94. The first-order valence-corrected chi connectivity index (χ1v) is 6.59. The molecule has 21 heavy (non-hydrogen) atoms. The van der Waals surface area contributed by atoms with Crippen molar-refractivity contribution in [2.24, 2.45) is 7.05 Å². The number of nitrogens with zero attached hydrogens (tertiary/aromatic N) is 2. The number of halogens is 3. The maximum absolute atomic E-state index is 12.7. The highest BCUT2D eigenvalue weighted by Crippen LogP contribution is 2.33. The Bertz CT molecular complexity index is 644. The minimum Gasteiger partial charge on any atom is -0.309 e. The highest BCUT2D eigenvalue weighted by Gasteiger charge is 2.31. The summed E-state index contributed by atoms with van der Waals surface area (Å²) >= 11 is 0. The van der Waals surface area contributed by atoms with Crippen molar-refractivity contribution in [3.05, 3.63) is 52.3 Å². The van der Waals surface area contributed by atoms with Gasteiger partial charge in [0.1, 0.15) is 0 Å². The molecule has 114 valence electrons. The molecule has 0 fully saturated rings. The molecule has 1 unspecified atom stereocenters. The van der Waals surface area contributed by atoms with E-state index in [4.69, 9.17) is 0 Å². The first-order valence-electron chi connectivity index (χ1n) is 6.59. The highest BCUT2D eigenvalue weighted by atomic mass is 19.4. The molecule has 0 saturated carbocycles. The largest absolute Gasteiger partial charge is 0.416 e. The van der Waals surface area contributed by atoms with Crippen molar-refractivity contribution in [1.29, 1.82) is 0 Å². The molecule has 0 saturated heterocycles. The first-order chi connectivity index (χ1) is 9.74. The summed E-state index contributed by atoms with van der Waals surface area (Å²) < 4.78 is 39.9. The van der Waals surface area contributed by atoms with E-state index in [1.165, 1.54) is 12.1 Å². The molecule has 2 aromatic rings. The van der Waals surface area contributed by atoms with Gasteiger partial charge < -0.3 is 5.32 Å². The summed E-state index contributed by atoms with van der Waals surface area (Å²) in [6, 6.07) is 3.66. The molecule has 1 N–H and O–H groups in total. The van der Waals surface area contributed by atoms with Crippen LogP contribution in [0.4, 0.5) is 13.2 Å². The Morgan fingerprint density at radius 3 is 2.29 bits per heavy atom. The maximum Gasteiger partial charge on any atom is 0.416 e. The van der Waals surface area contributed by atoms with Crippen LogP contribution in [0.1, 0.15) is 34.0 Å². The molecule has 1 atom stereocenters. The molecule has 3 nitrogen and oxygen atoms in total. The van der Waals surface area contributed by atoms with Crippen LogP contribution in [0.15, 0.2) is 24.4 Å². The van der Waals surface area contributed by atoms with Crippen LogP contribution < -0.4 is 5.32 Å². The van der Waals surface area contributed by atoms with E-state index >= 15 is 0 Å². The van der Waals surface area contributed by atoms with Crippen LogP contribution in [0.3, 0.4) is 0 Å². The predicted molar refractivity (Wildman–Crippen MR) is 75.0 cm³/mol. The molecule has 1 aromatic heterocycles. The zero-order valence-electron chi connectivity index (χ0n) is 12.4. The second kappa shape index (κ2) is 5.52. The maximum atomic E-state index is 12.7. The fourth-order valence-corrected chi connectivity index (χ4v) is 2.56. The average Bonchev–Trinajstić information content (AvgIpc) is 2.70. The van der Waals surface area contributed by atoms with E-state index in [1.807, 2.05) is 20.2 Å². The van der Waals surface area contributed by atoms with Gasteiger partial charge in [-0.2, -0.15) is 18.3 Å². The average molecular weight is 297 g/mol. The summed E-state index contributed by atoms with van der Waals surface area (Å²) in [5.74, 6) is 0. The highest BCUT2D eigenvalue weighted by molar-refractivity contribution is 5.40. The summed E-state index contributed by atoms with van der Waals surface area (Å²) in [4.78, 5) is 0. The van der Waals surface area contributed by atoms with Gasteiger partial charge in [-0.3, -0.25) is 4.68 Å². The SMILES string of the molecule is CNC(c1ccc(C(F)(F)F)cc1C)c1cn(C)nc1C. The van der Waals surface area contributed by atoms with Gasteiger partial charge in [-0.25, -0.2) is 0 Å². The van der Waals surface area contributed by atoms with Gasteiger partial charge in [-0.15, -0.1) is 0 Å². The normalized spacial score (nSPS) is 13.5. The van der Waals surface area contributed by atoms with Gasteiger partial charge in [0.15, 0.2) is 0 Å². The van der Waals surface area contributed by atoms with Crippen LogP contribution in [-0.4, -0.2) is 16.8 Å². The van der Waals surface area contributed by atoms with Crippen molar-refractivity contribution in [3.8, 4) is 0 Å². The Morgan fingerprint density at radius 1 is 1.19 bits per heavy atom. The zero-order valence-corrected chi connectivity index (χ0v) is 12.4. The fraction of sp³-hybridized carbons (Fsp3) is 0.400. The lowest BCUT2D eigenvalue weighted by Crippen LogP contribution is -2.19. The van der Waals surface area contributed by atoms with Gasteiger partial charge in [0, 0.05) is 18.8 Å². The van der Waals surface area contributed by atoms with Crippen LogP contribution in [0.2, 0.25) is 0 Å². The molecule has 0 radical (unpaired) electrons. The Labute approximate surface area is 121 Å². The smallest absolute Gasteiger partial charge is 0.309 e. The second-order valence-electron chi connectivity index (χ2n) is 5.13. The van der Waals surface area contributed by atoms with Crippen molar-refractivity contribution < 1.29 is 13.2 Å². The molecule has 1 heterocycles. The molecular formula is C15H18F3N3. The topological polar surface area (TPSA) is 29.9 Å². The van der Waals surface area contributed by atoms with E-state index < -0.39 is 11.7 Å². The monoisotopic (exact) mass is 297 g/mol. The van der Waals surface area contributed by atoms with Gasteiger partial charge in [-0.1, -0.05) is 6.07 Å². The van der Waals surface area contributed by atoms with Crippen molar-refractivity contribution in [1.82, 2.24) is 15.1 Å². The van der Waals surface area contributed by atoms with E-state index in [9.17, 15) is 13.2 Å². The van der Waals surface area contributed by atoms with Crippen LogP contribution in [0.5, 0.6) is 0 Å². The third kappa shape index (κ3) is 3.10.